The second kappa shape index (κ2) is 10.1. The Bertz CT molecular complexity index is 1400. The molecule has 4 N–H and O–H groups in total. The molecular weight excluding hydrogens is 460 g/mol. The number of nitrogens with zero attached hydrogens (tertiary/aromatic N) is 5. The van der Waals surface area contributed by atoms with Crippen LogP contribution in [0.5, 0.6) is 11.5 Å². The highest BCUT2D eigenvalue weighted by atomic mass is 16.6. The topological polar surface area (TPSA) is 198 Å². The zero-order valence-electron chi connectivity index (χ0n) is 18.2. The van der Waals surface area contributed by atoms with Gasteiger partial charge in [-0.3, -0.25) is 4.79 Å². The molecule has 0 saturated heterocycles. The van der Waals surface area contributed by atoms with Gasteiger partial charge < -0.3 is 25.1 Å². The summed E-state index contributed by atoms with van der Waals surface area (Å²) in [6.07, 6.45) is 1.30. The summed E-state index contributed by atoms with van der Waals surface area (Å²) in [5, 5.41) is 28.7. The van der Waals surface area contributed by atoms with Crippen molar-refractivity contribution in [3.05, 3.63) is 59.8 Å². The van der Waals surface area contributed by atoms with Crippen LogP contribution in [0.1, 0.15) is 16.1 Å². The van der Waals surface area contributed by atoms with Crippen LogP contribution in [0.2, 0.25) is 0 Å². The van der Waals surface area contributed by atoms with E-state index in [2.05, 4.69) is 35.8 Å². The summed E-state index contributed by atoms with van der Waals surface area (Å²) in [7, 11) is 1.51. The predicted octanol–water partition coefficient (Wildman–Crippen LogP) is -0.780. The fourth-order valence-corrected chi connectivity index (χ4v) is 3.07. The van der Waals surface area contributed by atoms with Crippen LogP contribution in [0.3, 0.4) is 0 Å². The SMILES string of the molecule is COc1cccc(-c2c(C(=O)N/N=C/c3ccccc3OCC(=O)[O-])n[nH][n+]2-c2nonc2N)c1. The van der Waals surface area contributed by atoms with Gasteiger partial charge in [0.15, 0.2) is 5.69 Å². The number of aromatic amines is 1. The van der Waals surface area contributed by atoms with E-state index in [-0.39, 0.29) is 28.8 Å². The Morgan fingerprint density at radius 2 is 2.09 bits per heavy atom. The van der Waals surface area contributed by atoms with Crippen molar-refractivity contribution in [2.24, 2.45) is 5.10 Å². The maximum Gasteiger partial charge on any atom is 0.377 e. The molecule has 178 valence electrons. The molecule has 0 aliphatic carbocycles. The second-order valence-electron chi connectivity index (χ2n) is 6.85. The van der Waals surface area contributed by atoms with E-state index in [1.54, 1.807) is 48.5 Å². The summed E-state index contributed by atoms with van der Waals surface area (Å²) in [4.78, 5) is 23.7. The van der Waals surface area contributed by atoms with Crippen LogP contribution in [-0.2, 0) is 4.79 Å². The lowest BCUT2D eigenvalue weighted by atomic mass is 10.1. The van der Waals surface area contributed by atoms with E-state index in [4.69, 9.17) is 15.2 Å². The lowest BCUT2D eigenvalue weighted by Gasteiger charge is -2.08. The molecule has 0 aliphatic rings. The van der Waals surface area contributed by atoms with E-state index >= 15 is 0 Å². The van der Waals surface area contributed by atoms with E-state index in [0.29, 0.717) is 16.9 Å². The molecule has 14 heteroatoms. The lowest BCUT2D eigenvalue weighted by Crippen LogP contribution is -2.37. The molecule has 2 aromatic heterocycles. The molecule has 4 aromatic rings. The number of nitrogens with two attached hydrogens (primary N) is 1. The van der Waals surface area contributed by atoms with Crippen molar-refractivity contribution in [1.82, 2.24) is 26.1 Å². The van der Waals surface area contributed by atoms with Gasteiger partial charge in [0.1, 0.15) is 23.3 Å². The molecule has 0 radical (unpaired) electrons. The first-order valence-electron chi connectivity index (χ1n) is 9.96. The van der Waals surface area contributed by atoms with Crippen molar-refractivity contribution < 1.29 is 33.5 Å². The number of aromatic nitrogens is 5. The first kappa shape index (κ1) is 22.9. The zero-order valence-corrected chi connectivity index (χ0v) is 18.2. The van der Waals surface area contributed by atoms with Crippen molar-refractivity contribution in [2.75, 3.05) is 19.5 Å². The van der Waals surface area contributed by atoms with E-state index in [1.807, 2.05) is 0 Å². The normalized spacial score (nSPS) is 10.9. The van der Waals surface area contributed by atoms with E-state index in [1.165, 1.54) is 18.0 Å². The number of carboxylic acids is 1. The summed E-state index contributed by atoms with van der Waals surface area (Å²) >= 11 is 0. The van der Waals surface area contributed by atoms with Gasteiger partial charge in [-0.1, -0.05) is 24.3 Å². The van der Waals surface area contributed by atoms with E-state index < -0.39 is 18.5 Å². The highest BCUT2D eigenvalue weighted by molar-refractivity contribution is 5.98. The molecule has 0 atom stereocenters. The molecule has 0 unspecified atom stereocenters. The summed E-state index contributed by atoms with van der Waals surface area (Å²) in [6.45, 7) is -0.631. The second-order valence-corrected chi connectivity index (χ2v) is 6.85. The number of carbonyl (C=O) groups excluding carboxylic acids is 2. The van der Waals surface area contributed by atoms with Crippen molar-refractivity contribution in [1.29, 1.82) is 0 Å². The van der Waals surface area contributed by atoms with Gasteiger partial charge >= 0.3 is 11.7 Å². The van der Waals surface area contributed by atoms with Crippen LogP contribution in [-0.4, -0.2) is 52.4 Å². The Hall–Kier alpha value is -5.27. The zero-order chi connectivity index (χ0) is 24.8. The molecule has 35 heavy (non-hydrogen) atoms. The van der Waals surface area contributed by atoms with Gasteiger partial charge in [-0.15, -0.1) is 9.90 Å². The van der Waals surface area contributed by atoms with Gasteiger partial charge in [0.2, 0.25) is 0 Å². The van der Waals surface area contributed by atoms with Crippen molar-refractivity contribution in [3.63, 3.8) is 0 Å². The number of para-hydroxylation sites is 1. The summed E-state index contributed by atoms with van der Waals surface area (Å²) in [5.41, 5.74) is 9.43. The van der Waals surface area contributed by atoms with Crippen molar-refractivity contribution >= 4 is 23.9 Å². The van der Waals surface area contributed by atoms with Gasteiger partial charge in [0.25, 0.3) is 11.5 Å². The Kier molecular flexibility index (Phi) is 6.62. The summed E-state index contributed by atoms with van der Waals surface area (Å²) in [5.74, 6) is -1.18. The van der Waals surface area contributed by atoms with Crippen LogP contribution >= 0.6 is 0 Å². The van der Waals surface area contributed by atoms with Gasteiger partial charge in [-0.25, -0.2) is 5.43 Å². The number of hydrazone groups is 1. The van der Waals surface area contributed by atoms with Crippen LogP contribution in [0.25, 0.3) is 17.1 Å². The number of carboxylic acid groups (broad SMARTS) is 1. The Balaban J connectivity index is 1.64. The highest BCUT2D eigenvalue weighted by Crippen LogP contribution is 2.24. The number of carbonyl (C=O) groups is 2. The number of H-pyrrole nitrogens is 1. The molecule has 0 spiro atoms. The van der Waals surface area contributed by atoms with Gasteiger partial charge in [-0.05, 0) is 34.5 Å². The maximum absolute atomic E-state index is 13.0. The Morgan fingerprint density at radius 1 is 1.26 bits per heavy atom. The molecule has 0 saturated carbocycles. The molecule has 0 bridgehead atoms. The number of anilines is 1. The summed E-state index contributed by atoms with van der Waals surface area (Å²) in [6, 6.07) is 13.4. The maximum atomic E-state index is 13.0. The minimum Gasteiger partial charge on any atom is -0.546 e. The van der Waals surface area contributed by atoms with Gasteiger partial charge in [0.05, 0.1) is 19.3 Å². The van der Waals surface area contributed by atoms with Crippen LogP contribution < -0.4 is 30.4 Å². The number of nitrogens with one attached hydrogen (secondary N) is 2. The minimum atomic E-state index is -1.37. The number of amides is 1. The van der Waals surface area contributed by atoms with Crippen LogP contribution in [0, 0.1) is 0 Å². The Morgan fingerprint density at radius 3 is 2.83 bits per heavy atom. The number of nitrogen functional groups attached to an aromatic ring is 1. The van der Waals surface area contributed by atoms with E-state index in [9.17, 15) is 14.7 Å². The largest absolute Gasteiger partial charge is 0.546 e. The van der Waals surface area contributed by atoms with Gasteiger partial charge in [0, 0.05) is 11.1 Å². The molecule has 0 aliphatic heterocycles. The average Bonchev–Trinajstić information content (AvgIpc) is 3.49. The molecule has 14 nitrogen and oxygen atoms in total. The molecule has 4 rings (SSSR count). The number of aliphatic carboxylic acids is 1. The number of benzene rings is 2. The minimum absolute atomic E-state index is 0.0269. The fourth-order valence-electron chi connectivity index (χ4n) is 3.07. The van der Waals surface area contributed by atoms with Crippen molar-refractivity contribution in [3.8, 4) is 28.6 Å². The number of methoxy groups -OCH3 is 1. The lowest BCUT2D eigenvalue weighted by molar-refractivity contribution is -0.652. The van der Waals surface area contributed by atoms with Crippen LogP contribution in [0.4, 0.5) is 5.82 Å². The molecule has 1 amide bonds. The number of rotatable bonds is 9. The molecule has 2 aromatic carbocycles. The molecule has 0 fully saturated rings. The number of hydrogen-bond donors (Lipinski definition) is 3. The fraction of sp³-hybridized carbons (Fsp3) is 0.0952. The van der Waals surface area contributed by atoms with Crippen molar-refractivity contribution in [2.45, 2.75) is 0 Å². The Labute approximate surface area is 196 Å². The van der Waals surface area contributed by atoms with E-state index in [0.717, 1.165) is 0 Å². The molecule has 2 heterocycles. The standard InChI is InChI=1S/C21H18N8O6/c1-33-14-7-4-6-12(9-14)18-17(24-28-29(18)20-19(22)26-35-27-20)21(32)25-23-10-13-5-2-3-8-15(13)34-11-16(30)31/h2-10H,11H2,1H3,(H4,22,25,26,30,31,32)/b23-10+. The highest BCUT2D eigenvalue weighted by Gasteiger charge is 2.31. The first-order chi connectivity index (χ1) is 17.0. The predicted molar refractivity (Wildman–Crippen MR) is 116 cm³/mol. The smallest absolute Gasteiger partial charge is 0.377 e. The third-order valence-electron chi connectivity index (χ3n) is 4.61. The first-order valence-corrected chi connectivity index (χ1v) is 9.96. The number of hydrogen-bond acceptors (Lipinski definition) is 11. The average molecular weight is 478 g/mol. The van der Waals surface area contributed by atoms with Gasteiger partial charge in [-0.2, -0.15) is 9.73 Å². The number of ether oxygens (including phenoxy) is 2. The third kappa shape index (κ3) is 5.05. The summed E-state index contributed by atoms with van der Waals surface area (Å²) < 4.78 is 16.4. The van der Waals surface area contributed by atoms with Crippen LogP contribution in [0.15, 0.2) is 58.3 Å². The monoisotopic (exact) mass is 478 g/mol. The molecular formula is C21H18N8O6. The quantitative estimate of drug-likeness (QED) is 0.156. The third-order valence-corrected chi connectivity index (χ3v) is 4.61.